The first-order valence-electron chi connectivity index (χ1n) is 21.8. The minimum Gasteiger partial charge on any atom is -0.492 e. The fourth-order valence-corrected chi connectivity index (χ4v) is 12.5. The average Bonchev–Trinajstić information content (AvgIpc) is 3.92. The molecule has 2 saturated heterocycles. The number of carbonyl (C=O) groups excluding carboxylic acids is 4. The molecule has 2 aromatic rings. The summed E-state index contributed by atoms with van der Waals surface area (Å²) in [7, 11) is 1.47. The number of methoxy groups -OCH3 is 1. The molecule has 1 aromatic heterocycles. The van der Waals surface area contributed by atoms with E-state index in [4.69, 9.17) is 14.2 Å². The number of carbonyl (C=O) groups is 4. The first kappa shape index (κ1) is 41.0. The lowest BCUT2D eigenvalue weighted by Crippen LogP contribution is -2.61. The van der Waals surface area contributed by atoms with Crippen molar-refractivity contribution in [3.8, 4) is 5.75 Å². The quantitative estimate of drug-likeness (QED) is 0.210. The molecule has 0 amide bonds. The van der Waals surface area contributed by atoms with Crippen molar-refractivity contribution in [2.45, 2.75) is 108 Å². The number of hydrogen-bond donors (Lipinski definition) is 3. The lowest BCUT2D eigenvalue weighted by molar-refractivity contribution is -0.181. The van der Waals surface area contributed by atoms with Crippen molar-refractivity contribution < 1.29 is 48.0 Å². The predicted octanol–water partition coefficient (Wildman–Crippen LogP) is 4.73. The summed E-state index contributed by atoms with van der Waals surface area (Å²) in [6.45, 7) is 5.32. The van der Waals surface area contributed by atoms with Gasteiger partial charge in [-0.3, -0.25) is 19.2 Å². The van der Waals surface area contributed by atoms with Crippen LogP contribution in [-0.2, 0) is 23.9 Å². The van der Waals surface area contributed by atoms with E-state index in [1.165, 1.54) is 19.4 Å². The van der Waals surface area contributed by atoms with Crippen molar-refractivity contribution in [3.63, 3.8) is 0 Å². The van der Waals surface area contributed by atoms with Crippen LogP contribution in [0, 0.1) is 40.3 Å². The van der Waals surface area contributed by atoms with Crippen LogP contribution in [0.4, 0.5) is 10.1 Å². The Bertz CT molecular complexity index is 2250. The van der Waals surface area contributed by atoms with E-state index in [9.17, 15) is 34.2 Å². The summed E-state index contributed by atoms with van der Waals surface area (Å²) in [5.74, 6) is -2.34. The predicted molar refractivity (Wildman–Crippen MR) is 218 cm³/mol. The molecule has 6 fully saturated rings. The maximum Gasteiger partial charge on any atom is 0.343 e. The number of Topliss-reactive ketones (excluding diaryl/α,β-unsaturated/α-hetero) is 1. The highest BCUT2D eigenvalue weighted by Gasteiger charge is 2.68. The van der Waals surface area contributed by atoms with Gasteiger partial charge < -0.3 is 39.2 Å². The smallest absolute Gasteiger partial charge is 0.343 e. The summed E-state index contributed by atoms with van der Waals surface area (Å²) in [5, 5.41) is 27.2. The van der Waals surface area contributed by atoms with E-state index in [0.29, 0.717) is 43.1 Å². The van der Waals surface area contributed by atoms with Crippen LogP contribution in [0.25, 0.3) is 10.9 Å². The molecule has 13 nitrogen and oxygen atoms in total. The molecule has 1 unspecified atom stereocenters. The van der Waals surface area contributed by atoms with Gasteiger partial charge in [0.1, 0.15) is 16.9 Å². The Labute approximate surface area is 348 Å². The van der Waals surface area contributed by atoms with Gasteiger partial charge in [0, 0.05) is 54.5 Å². The average molecular weight is 830 g/mol. The minimum atomic E-state index is -1.79. The summed E-state index contributed by atoms with van der Waals surface area (Å²) in [5.41, 5.74) is -2.31. The van der Waals surface area contributed by atoms with Crippen LogP contribution < -0.4 is 20.4 Å². The van der Waals surface area contributed by atoms with E-state index in [0.717, 1.165) is 44.2 Å². The molecular weight excluding hydrogens is 774 g/mol. The molecule has 9 atom stereocenters. The number of ether oxygens (including phenoxy) is 3. The van der Waals surface area contributed by atoms with Gasteiger partial charge in [0.15, 0.2) is 24.0 Å². The van der Waals surface area contributed by atoms with Crippen molar-refractivity contribution in [1.82, 2.24) is 9.88 Å². The van der Waals surface area contributed by atoms with Crippen LogP contribution in [0.3, 0.4) is 0 Å². The van der Waals surface area contributed by atoms with E-state index >= 15 is 4.39 Å². The number of nitrogens with zero attached hydrogens (tertiary/aromatic N) is 2. The standard InChI is InChI=1S/C46H56FN3O10/c1-44-14-12-28(51)18-26(44)8-11-29-32-13-15-46(57,45(32,2)20-35(52)38(29)44)36(53)24-60-37(54)7-5-17-59-43(56)31-22-50(27-9-10-27)39-30(41(31)55)19-33(47)40(42(39)58-3)49-21-25-6-4-16-48-34(25)23-49/h12,14,18-19,22,25,27,29,32,34-35,38,48,52,57H,4-11,13,15-17,20-21,23-24H2,1-3H3/t25-,29+,32+,34+,35+,38?,44+,45+,46+/m0/s1. The van der Waals surface area contributed by atoms with Crippen LogP contribution in [0.15, 0.2) is 40.9 Å². The Kier molecular flexibility index (Phi) is 10.4. The van der Waals surface area contributed by atoms with Gasteiger partial charge in [-0.15, -0.1) is 0 Å². The number of fused-ring (bicyclic) bond motifs is 7. The van der Waals surface area contributed by atoms with Gasteiger partial charge in [0.25, 0.3) is 0 Å². The van der Waals surface area contributed by atoms with Crippen LogP contribution >= 0.6 is 0 Å². The molecular formula is C46H56FN3O10. The molecule has 3 heterocycles. The van der Waals surface area contributed by atoms with Crippen LogP contribution in [0.5, 0.6) is 5.75 Å². The van der Waals surface area contributed by atoms with Crippen molar-refractivity contribution in [1.29, 1.82) is 0 Å². The second-order valence-electron chi connectivity index (χ2n) is 18.9. The number of allylic oxidation sites excluding steroid dienone is 4. The summed E-state index contributed by atoms with van der Waals surface area (Å²) >= 11 is 0. The van der Waals surface area contributed by atoms with E-state index in [1.54, 1.807) is 12.2 Å². The summed E-state index contributed by atoms with van der Waals surface area (Å²) < 4.78 is 34.5. The number of nitrogens with one attached hydrogen (secondary N) is 1. The molecule has 1 aromatic carbocycles. The van der Waals surface area contributed by atoms with Gasteiger partial charge in [0.05, 0.1) is 30.7 Å². The number of benzene rings is 1. The van der Waals surface area contributed by atoms with Crippen LogP contribution in [-0.4, -0.2) is 96.0 Å². The lowest BCUT2D eigenvalue weighted by Gasteiger charge is -2.59. The number of esters is 2. The number of rotatable bonds is 11. The van der Waals surface area contributed by atoms with E-state index in [1.807, 2.05) is 22.5 Å². The van der Waals surface area contributed by atoms with Gasteiger partial charge >= 0.3 is 11.9 Å². The Morgan fingerprint density at radius 1 is 1.07 bits per heavy atom. The first-order valence-corrected chi connectivity index (χ1v) is 21.8. The number of ketones is 2. The number of halogens is 1. The molecule has 0 spiro atoms. The fourth-order valence-electron chi connectivity index (χ4n) is 12.5. The molecule has 3 N–H and O–H groups in total. The summed E-state index contributed by atoms with van der Waals surface area (Å²) in [6, 6.07) is 1.46. The summed E-state index contributed by atoms with van der Waals surface area (Å²) in [6.07, 6.45) is 11.9. The van der Waals surface area contributed by atoms with E-state index in [2.05, 4.69) is 12.2 Å². The third-order valence-electron chi connectivity index (χ3n) is 15.7. The zero-order valence-electron chi connectivity index (χ0n) is 34.7. The fraction of sp³-hybridized carbons (Fsp3) is 0.630. The van der Waals surface area contributed by atoms with Crippen LogP contribution in [0.2, 0.25) is 0 Å². The van der Waals surface area contributed by atoms with Gasteiger partial charge in [-0.25, -0.2) is 9.18 Å². The molecule has 2 aliphatic heterocycles. The Morgan fingerprint density at radius 2 is 1.87 bits per heavy atom. The highest BCUT2D eigenvalue weighted by atomic mass is 19.1. The van der Waals surface area contributed by atoms with Crippen molar-refractivity contribution in [2.75, 3.05) is 44.9 Å². The minimum absolute atomic E-state index is 0.00593. The molecule has 0 bridgehead atoms. The maximum absolute atomic E-state index is 16.0. The van der Waals surface area contributed by atoms with E-state index < -0.39 is 58.1 Å². The van der Waals surface area contributed by atoms with Gasteiger partial charge in [-0.2, -0.15) is 0 Å². The zero-order chi connectivity index (χ0) is 42.3. The molecule has 322 valence electrons. The first-order chi connectivity index (χ1) is 28.7. The molecule has 5 aliphatic carbocycles. The largest absolute Gasteiger partial charge is 0.492 e. The molecule has 60 heavy (non-hydrogen) atoms. The van der Waals surface area contributed by atoms with Crippen LogP contribution in [0.1, 0.15) is 101 Å². The number of hydrogen-bond acceptors (Lipinski definition) is 12. The Balaban J connectivity index is 0.819. The number of piperidine rings is 1. The Hall–Kier alpha value is -4.40. The molecule has 9 rings (SSSR count). The normalized spacial score (nSPS) is 34.3. The van der Waals surface area contributed by atoms with Crippen molar-refractivity contribution in [3.05, 3.63) is 57.7 Å². The number of aromatic nitrogens is 1. The number of aliphatic hydroxyl groups excluding tert-OH is 1. The zero-order valence-corrected chi connectivity index (χ0v) is 34.7. The van der Waals surface area contributed by atoms with E-state index in [-0.39, 0.29) is 84.6 Å². The van der Waals surface area contributed by atoms with Gasteiger partial charge in [-0.1, -0.05) is 25.5 Å². The SMILES string of the molecule is COc1c(N2C[C@@H]3CCCN[C@@H]3C2)c(F)cc2c(=O)c(C(=O)OCCCC(=O)OCC(=O)[C@]3(O)CC[C@@H]4[C@H]5CCC6=CC(=O)C=C[C@@]6(C)C5[C@H](O)C[C@]43C)cn(C3CC3)c12. The third-order valence-corrected chi connectivity index (χ3v) is 15.7. The third kappa shape index (κ3) is 6.54. The van der Waals surface area contributed by atoms with Crippen molar-refractivity contribution >= 4 is 40.1 Å². The van der Waals surface area contributed by atoms with Gasteiger partial charge in [0.2, 0.25) is 11.2 Å². The maximum atomic E-state index is 16.0. The molecule has 7 aliphatic rings. The number of anilines is 1. The Morgan fingerprint density at radius 3 is 2.62 bits per heavy atom. The second-order valence-corrected chi connectivity index (χ2v) is 18.9. The van der Waals surface area contributed by atoms with Gasteiger partial charge in [-0.05, 0) is 107 Å². The number of pyridine rings is 1. The molecule has 0 radical (unpaired) electrons. The topological polar surface area (TPSA) is 174 Å². The molecule has 14 heteroatoms. The number of aliphatic hydroxyl groups is 2. The highest BCUT2D eigenvalue weighted by molar-refractivity contribution is 6.01. The molecule has 4 saturated carbocycles. The second kappa shape index (κ2) is 15.2. The summed E-state index contributed by atoms with van der Waals surface area (Å²) in [4.78, 5) is 67.8. The highest BCUT2D eigenvalue weighted by Crippen LogP contribution is 2.67. The lowest BCUT2D eigenvalue weighted by atomic mass is 9.46. The van der Waals surface area contributed by atoms with Crippen molar-refractivity contribution in [2.24, 2.45) is 34.5 Å². The monoisotopic (exact) mass is 829 g/mol.